The maximum Gasteiger partial charge on any atom is 0.0511 e. The maximum absolute atomic E-state index is 5.52. The van der Waals surface area contributed by atoms with Crippen LogP contribution in [0.2, 0.25) is 0 Å². The number of nitrogens with one attached hydrogen (secondary N) is 1. The van der Waals surface area contributed by atoms with Gasteiger partial charge in [-0.2, -0.15) is 0 Å². The number of ether oxygens (including phenoxy) is 1. The molecule has 2 aliphatic rings. The highest BCUT2D eigenvalue weighted by Gasteiger charge is 2.37. The van der Waals surface area contributed by atoms with Gasteiger partial charge < -0.3 is 10.1 Å². The first-order chi connectivity index (χ1) is 5.81. The number of hydrogen-bond donors (Lipinski definition) is 1. The van der Waals surface area contributed by atoms with E-state index in [-0.39, 0.29) is 0 Å². The summed E-state index contributed by atoms with van der Waals surface area (Å²) in [5.41, 5.74) is 0.389. The predicted molar refractivity (Wildman–Crippen MR) is 49.2 cm³/mol. The molecule has 0 aromatic rings. The summed E-state index contributed by atoms with van der Waals surface area (Å²) in [6.07, 6.45) is 5.28. The summed E-state index contributed by atoms with van der Waals surface area (Å²) in [5.74, 6) is 0.758. The third-order valence-electron chi connectivity index (χ3n) is 3.46. The third kappa shape index (κ3) is 1.50. The van der Waals surface area contributed by atoms with Gasteiger partial charge in [-0.15, -0.1) is 0 Å². The van der Waals surface area contributed by atoms with Crippen molar-refractivity contribution in [3.63, 3.8) is 0 Å². The van der Waals surface area contributed by atoms with E-state index in [4.69, 9.17) is 4.74 Å². The molecule has 2 heterocycles. The average molecular weight is 169 g/mol. The molecule has 0 radical (unpaired) electrons. The molecule has 2 rings (SSSR count). The molecule has 70 valence electrons. The van der Waals surface area contributed by atoms with Crippen molar-refractivity contribution in [3.05, 3.63) is 0 Å². The Kier molecular flexibility index (Phi) is 2.37. The molecule has 2 nitrogen and oxygen atoms in total. The van der Waals surface area contributed by atoms with E-state index >= 15 is 0 Å². The Morgan fingerprint density at radius 3 is 2.92 bits per heavy atom. The molecule has 0 saturated carbocycles. The largest absolute Gasteiger partial charge is 0.381 e. The highest BCUT2D eigenvalue weighted by molar-refractivity contribution is 4.95. The first-order valence-electron chi connectivity index (χ1n) is 5.14. The first kappa shape index (κ1) is 8.52. The maximum atomic E-state index is 5.52. The molecule has 2 atom stereocenters. The van der Waals surface area contributed by atoms with Crippen LogP contribution in [0.4, 0.5) is 0 Å². The van der Waals surface area contributed by atoms with Crippen molar-refractivity contribution < 1.29 is 4.74 Å². The Labute approximate surface area is 74.7 Å². The lowest BCUT2D eigenvalue weighted by atomic mass is 9.81. The van der Waals surface area contributed by atoms with Crippen molar-refractivity contribution in [2.45, 2.75) is 38.1 Å². The molecule has 0 aliphatic carbocycles. The summed E-state index contributed by atoms with van der Waals surface area (Å²) in [7, 11) is 0. The van der Waals surface area contributed by atoms with E-state index < -0.39 is 0 Å². The van der Waals surface area contributed by atoms with Crippen LogP contribution in [0.15, 0.2) is 0 Å². The lowest BCUT2D eigenvalue weighted by Gasteiger charge is -2.36. The Balaban J connectivity index is 1.96. The van der Waals surface area contributed by atoms with E-state index in [2.05, 4.69) is 12.2 Å². The molecular weight excluding hydrogens is 150 g/mol. The molecule has 2 unspecified atom stereocenters. The molecule has 2 aliphatic heterocycles. The molecule has 2 heteroatoms. The Morgan fingerprint density at radius 2 is 2.33 bits per heavy atom. The van der Waals surface area contributed by atoms with Gasteiger partial charge in [0.2, 0.25) is 0 Å². The number of hydrogen-bond acceptors (Lipinski definition) is 2. The van der Waals surface area contributed by atoms with Gasteiger partial charge in [-0.05, 0) is 39.2 Å². The number of rotatable bonds is 1. The minimum atomic E-state index is 0.389. The zero-order chi connectivity index (χ0) is 8.44. The lowest BCUT2D eigenvalue weighted by Crippen LogP contribution is -2.47. The third-order valence-corrected chi connectivity index (χ3v) is 3.46. The highest BCUT2D eigenvalue weighted by Crippen LogP contribution is 2.32. The first-order valence-corrected chi connectivity index (χ1v) is 5.14. The molecule has 2 saturated heterocycles. The summed E-state index contributed by atoms with van der Waals surface area (Å²) in [6, 6.07) is 0. The van der Waals surface area contributed by atoms with E-state index in [1.54, 1.807) is 0 Å². The van der Waals surface area contributed by atoms with Crippen molar-refractivity contribution in [1.29, 1.82) is 0 Å². The predicted octanol–water partition coefficient (Wildman–Crippen LogP) is 1.56. The quantitative estimate of drug-likeness (QED) is 0.643. The van der Waals surface area contributed by atoms with Crippen LogP contribution in [0.3, 0.4) is 0 Å². The molecule has 0 amide bonds. The van der Waals surface area contributed by atoms with Crippen LogP contribution in [0.1, 0.15) is 32.6 Å². The molecule has 1 N–H and O–H groups in total. The van der Waals surface area contributed by atoms with Gasteiger partial charge in [0, 0.05) is 18.1 Å². The van der Waals surface area contributed by atoms with Crippen LogP contribution in [0, 0.1) is 5.92 Å². The van der Waals surface area contributed by atoms with Gasteiger partial charge >= 0.3 is 0 Å². The fourth-order valence-electron chi connectivity index (χ4n) is 2.51. The SMILES string of the molecule is CC1(C2CCCOC2)CCCN1. The van der Waals surface area contributed by atoms with Crippen LogP contribution in [-0.4, -0.2) is 25.3 Å². The summed E-state index contributed by atoms with van der Waals surface area (Å²) < 4.78 is 5.52. The van der Waals surface area contributed by atoms with Crippen LogP contribution in [0.25, 0.3) is 0 Å². The van der Waals surface area contributed by atoms with Gasteiger partial charge in [-0.1, -0.05) is 0 Å². The minimum Gasteiger partial charge on any atom is -0.381 e. The van der Waals surface area contributed by atoms with Gasteiger partial charge in [0.1, 0.15) is 0 Å². The average Bonchev–Trinajstić information content (AvgIpc) is 2.55. The Hall–Kier alpha value is -0.0800. The normalized spacial score (nSPS) is 43.2. The van der Waals surface area contributed by atoms with E-state index in [0.29, 0.717) is 5.54 Å². The molecule has 2 fully saturated rings. The highest BCUT2D eigenvalue weighted by atomic mass is 16.5. The van der Waals surface area contributed by atoms with Crippen LogP contribution >= 0.6 is 0 Å². The standard InChI is InChI=1S/C10H19NO/c1-10(5-3-6-11-10)9-4-2-7-12-8-9/h9,11H,2-8H2,1H3. The van der Waals surface area contributed by atoms with Crippen molar-refractivity contribution in [1.82, 2.24) is 5.32 Å². The monoisotopic (exact) mass is 169 g/mol. The van der Waals surface area contributed by atoms with Gasteiger partial charge in [0.15, 0.2) is 0 Å². The van der Waals surface area contributed by atoms with Crippen molar-refractivity contribution in [2.75, 3.05) is 19.8 Å². The van der Waals surface area contributed by atoms with E-state index in [1.807, 2.05) is 0 Å². The second-order valence-corrected chi connectivity index (χ2v) is 4.36. The van der Waals surface area contributed by atoms with E-state index in [1.165, 1.54) is 32.2 Å². The summed E-state index contributed by atoms with van der Waals surface area (Å²) in [4.78, 5) is 0. The van der Waals surface area contributed by atoms with Gasteiger partial charge in [0.05, 0.1) is 6.61 Å². The van der Waals surface area contributed by atoms with Crippen molar-refractivity contribution >= 4 is 0 Å². The smallest absolute Gasteiger partial charge is 0.0511 e. The fourth-order valence-corrected chi connectivity index (χ4v) is 2.51. The van der Waals surface area contributed by atoms with Gasteiger partial charge in [0.25, 0.3) is 0 Å². The van der Waals surface area contributed by atoms with Gasteiger partial charge in [-0.3, -0.25) is 0 Å². The summed E-state index contributed by atoms with van der Waals surface area (Å²) >= 11 is 0. The second kappa shape index (κ2) is 3.35. The molecule has 0 aromatic carbocycles. The Morgan fingerprint density at radius 1 is 1.42 bits per heavy atom. The lowest BCUT2D eigenvalue weighted by molar-refractivity contribution is 0.0202. The van der Waals surface area contributed by atoms with Crippen LogP contribution < -0.4 is 5.32 Å². The molecule has 12 heavy (non-hydrogen) atoms. The second-order valence-electron chi connectivity index (χ2n) is 4.36. The van der Waals surface area contributed by atoms with Crippen LogP contribution in [0.5, 0.6) is 0 Å². The van der Waals surface area contributed by atoms with Crippen LogP contribution in [-0.2, 0) is 4.74 Å². The molecular formula is C10H19NO. The Bertz CT molecular complexity index is 146. The van der Waals surface area contributed by atoms with E-state index in [0.717, 1.165) is 19.1 Å². The van der Waals surface area contributed by atoms with Gasteiger partial charge in [-0.25, -0.2) is 0 Å². The summed E-state index contributed by atoms with van der Waals surface area (Å²) in [6.45, 7) is 5.52. The minimum absolute atomic E-state index is 0.389. The molecule has 0 bridgehead atoms. The molecule has 0 aromatic heterocycles. The topological polar surface area (TPSA) is 21.3 Å². The zero-order valence-electron chi connectivity index (χ0n) is 7.94. The van der Waals surface area contributed by atoms with E-state index in [9.17, 15) is 0 Å². The fraction of sp³-hybridized carbons (Fsp3) is 1.00. The van der Waals surface area contributed by atoms with Crippen molar-refractivity contribution in [3.8, 4) is 0 Å². The molecule has 0 spiro atoms. The zero-order valence-corrected chi connectivity index (χ0v) is 7.94. The summed E-state index contributed by atoms with van der Waals surface area (Å²) in [5, 5.41) is 3.62. The van der Waals surface area contributed by atoms with Crippen molar-refractivity contribution in [2.24, 2.45) is 5.92 Å².